The smallest absolute Gasteiger partial charge is 0.0165 e. The van der Waals surface area contributed by atoms with E-state index in [-0.39, 0.29) is 5.41 Å². The summed E-state index contributed by atoms with van der Waals surface area (Å²) < 4.78 is 0. The van der Waals surface area contributed by atoms with Gasteiger partial charge in [0, 0.05) is 5.41 Å². The van der Waals surface area contributed by atoms with Crippen LogP contribution in [0.4, 0.5) is 0 Å². The average molecular weight is 595 g/mol. The van der Waals surface area contributed by atoms with Gasteiger partial charge >= 0.3 is 0 Å². The molecule has 1 aliphatic rings. The molecule has 0 saturated carbocycles. The van der Waals surface area contributed by atoms with E-state index in [1.807, 2.05) is 0 Å². The van der Waals surface area contributed by atoms with Crippen LogP contribution in [-0.2, 0) is 5.41 Å². The molecule has 0 heterocycles. The summed E-state index contributed by atoms with van der Waals surface area (Å²) in [5.74, 6) is 0. The monoisotopic (exact) mass is 594 g/mol. The summed E-state index contributed by atoms with van der Waals surface area (Å²) in [6.07, 6.45) is 0. The van der Waals surface area contributed by atoms with Gasteiger partial charge < -0.3 is 0 Å². The molecule has 0 radical (unpaired) electrons. The quantitative estimate of drug-likeness (QED) is 0.166. The molecule has 10 aromatic rings. The molecule has 0 bridgehead atoms. The van der Waals surface area contributed by atoms with Gasteiger partial charge in [-0.1, -0.05) is 147 Å². The highest BCUT2D eigenvalue weighted by molar-refractivity contribution is 6.37. The van der Waals surface area contributed by atoms with Crippen LogP contribution < -0.4 is 0 Å². The predicted octanol–water partition coefficient (Wildman–Crippen LogP) is 13.2. The van der Waals surface area contributed by atoms with Crippen molar-refractivity contribution in [3.8, 4) is 22.3 Å². The summed E-state index contributed by atoms with van der Waals surface area (Å²) in [6, 6.07) is 55.2. The Bertz CT molecular complexity index is 2970. The zero-order valence-electron chi connectivity index (χ0n) is 26.4. The summed E-state index contributed by atoms with van der Waals surface area (Å²) in [7, 11) is 0. The van der Waals surface area contributed by atoms with E-state index in [0.717, 1.165) is 0 Å². The van der Waals surface area contributed by atoms with E-state index in [4.69, 9.17) is 0 Å². The Labute approximate surface area is 272 Å². The van der Waals surface area contributed by atoms with Crippen LogP contribution in [0.3, 0.4) is 0 Å². The topological polar surface area (TPSA) is 0 Å². The van der Waals surface area contributed by atoms with Crippen LogP contribution in [0.5, 0.6) is 0 Å². The van der Waals surface area contributed by atoms with Gasteiger partial charge in [-0.25, -0.2) is 0 Å². The maximum absolute atomic E-state index is 2.50. The molecular formula is C47H30. The maximum atomic E-state index is 2.50. The molecule has 0 fully saturated rings. The standard InChI is InChI=1S/C47H30/c1-47(2)40-18-8-14-33(45(40)38-24-23-27-9-3-4-13-34(27)46(38)47)32-25-31-22-21-30-11-6-16-36-35-15-5-10-28-19-20-29-12-7-17-37(43(29)41(28)35)39(26-32)44(31)42(30)36/h3-26H,1-2H3. The lowest BCUT2D eigenvalue weighted by Gasteiger charge is -2.23. The van der Waals surface area contributed by atoms with Crippen LogP contribution in [0.25, 0.3) is 97.7 Å². The highest BCUT2D eigenvalue weighted by atomic mass is 14.4. The largest absolute Gasteiger partial charge is 0.0616 e. The second-order valence-electron chi connectivity index (χ2n) is 14.0. The normalized spacial score (nSPS) is 13.9. The summed E-state index contributed by atoms with van der Waals surface area (Å²) >= 11 is 0. The first-order valence-electron chi connectivity index (χ1n) is 16.7. The maximum Gasteiger partial charge on any atom is 0.0165 e. The van der Waals surface area contributed by atoms with Crippen molar-refractivity contribution in [1.82, 2.24) is 0 Å². The molecule has 47 heavy (non-hydrogen) atoms. The fourth-order valence-corrected chi connectivity index (χ4v) is 9.33. The molecule has 0 heteroatoms. The lowest BCUT2D eigenvalue weighted by atomic mass is 9.80. The molecule has 0 N–H and O–H groups in total. The Hall–Kier alpha value is -5.72. The third kappa shape index (κ3) is 3.18. The van der Waals surface area contributed by atoms with E-state index in [9.17, 15) is 0 Å². The lowest BCUT2D eigenvalue weighted by molar-refractivity contribution is 0.666. The lowest BCUT2D eigenvalue weighted by Crippen LogP contribution is -2.15. The van der Waals surface area contributed by atoms with E-state index in [1.165, 1.54) is 109 Å². The molecule has 11 rings (SSSR count). The van der Waals surface area contributed by atoms with Crippen molar-refractivity contribution in [3.63, 3.8) is 0 Å². The number of hydrogen-bond donors (Lipinski definition) is 0. The van der Waals surface area contributed by atoms with E-state index in [0.29, 0.717) is 0 Å². The van der Waals surface area contributed by atoms with Crippen LogP contribution in [0, 0.1) is 0 Å². The van der Waals surface area contributed by atoms with Gasteiger partial charge in [-0.3, -0.25) is 0 Å². The molecule has 0 unspecified atom stereocenters. The molecule has 0 amide bonds. The van der Waals surface area contributed by atoms with Gasteiger partial charge in [-0.05, 0) is 121 Å². The number of fused-ring (bicyclic) bond motifs is 7. The third-order valence-corrected chi connectivity index (χ3v) is 11.3. The van der Waals surface area contributed by atoms with Crippen molar-refractivity contribution >= 4 is 75.4 Å². The van der Waals surface area contributed by atoms with E-state index in [2.05, 4.69) is 159 Å². The zero-order valence-corrected chi connectivity index (χ0v) is 26.4. The van der Waals surface area contributed by atoms with Gasteiger partial charge in [-0.15, -0.1) is 0 Å². The molecule has 0 atom stereocenters. The Morgan fingerprint density at radius 3 is 1.55 bits per heavy atom. The second kappa shape index (κ2) is 8.75. The van der Waals surface area contributed by atoms with Crippen molar-refractivity contribution < 1.29 is 0 Å². The minimum atomic E-state index is -0.0991. The van der Waals surface area contributed by atoms with Crippen LogP contribution in [0.1, 0.15) is 25.0 Å². The number of hydrogen-bond acceptors (Lipinski definition) is 0. The van der Waals surface area contributed by atoms with E-state index >= 15 is 0 Å². The number of benzene rings is 9. The number of rotatable bonds is 1. The molecule has 10 aromatic carbocycles. The minimum Gasteiger partial charge on any atom is -0.0616 e. The van der Waals surface area contributed by atoms with Crippen LogP contribution in [0.15, 0.2) is 146 Å². The fourth-order valence-electron chi connectivity index (χ4n) is 9.33. The summed E-state index contributed by atoms with van der Waals surface area (Å²) in [4.78, 5) is 0. The summed E-state index contributed by atoms with van der Waals surface area (Å²) in [5.41, 5.74) is 8.08. The van der Waals surface area contributed by atoms with E-state index < -0.39 is 0 Å². The van der Waals surface area contributed by atoms with Gasteiger partial charge in [0.05, 0.1) is 0 Å². The highest BCUT2D eigenvalue weighted by Gasteiger charge is 2.38. The predicted molar refractivity (Wildman–Crippen MR) is 203 cm³/mol. The van der Waals surface area contributed by atoms with Crippen molar-refractivity contribution in [1.29, 1.82) is 0 Å². The van der Waals surface area contributed by atoms with E-state index in [1.54, 1.807) is 0 Å². The molecule has 1 aliphatic carbocycles. The van der Waals surface area contributed by atoms with Crippen molar-refractivity contribution in [2.45, 2.75) is 19.3 Å². The molecule has 0 spiro atoms. The molecule has 0 nitrogen and oxygen atoms in total. The van der Waals surface area contributed by atoms with Crippen LogP contribution >= 0.6 is 0 Å². The zero-order chi connectivity index (χ0) is 31.0. The second-order valence-corrected chi connectivity index (χ2v) is 14.0. The molecule has 0 aromatic heterocycles. The first-order valence-corrected chi connectivity index (χ1v) is 16.7. The Balaban J connectivity index is 1.35. The minimum absolute atomic E-state index is 0.0991. The van der Waals surface area contributed by atoms with Gasteiger partial charge in [-0.2, -0.15) is 0 Å². The highest BCUT2D eigenvalue weighted by Crippen LogP contribution is 2.55. The first kappa shape index (κ1) is 25.5. The third-order valence-electron chi connectivity index (χ3n) is 11.3. The van der Waals surface area contributed by atoms with Crippen molar-refractivity contribution in [2.75, 3.05) is 0 Å². The van der Waals surface area contributed by atoms with Crippen molar-refractivity contribution in [3.05, 3.63) is 157 Å². The van der Waals surface area contributed by atoms with Crippen molar-refractivity contribution in [2.24, 2.45) is 0 Å². The average Bonchev–Trinajstić information content (AvgIpc) is 3.36. The molecule has 0 saturated heterocycles. The van der Waals surface area contributed by atoms with Crippen LogP contribution in [-0.4, -0.2) is 0 Å². The Morgan fingerprint density at radius 1 is 0.362 bits per heavy atom. The SMILES string of the molecule is CC1(C)c2cccc(-c3cc4ccc5cccc6c7cccc8ccc9cccc(c(c3)c4c56)c9c87)c2-c2ccc3ccccc3c21. The first-order chi connectivity index (χ1) is 23.1. The Morgan fingerprint density at radius 2 is 0.872 bits per heavy atom. The van der Waals surface area contributed by atoms with Gasteiger partial charge in [0.15, 0.2) is 0 Å². The molecule has 0 aliphatic heterocycles. The molecular weight excluding hydrogens is 565 g/mol. The summed E-state index contributed by atoms with van der Waals surface area (Å²) in [6.45, 7) is 4.80. The van der Waals surface area contributed by atoms with Gasteiger partial charge in [0.1, 0.15) is 0 Å². The van der Waals surface area contributed by atoms with Crippen LogP contribution in [0.2, 0.25) is 0 Å². The van der Waals surface area contributed by atoms with Gasteiger partial charge in [0.2, 0.25) is 0 Å². The fraction of sp³-hybridized carbons (Fsp3) is 0.0638. The van der Waals surface area contributed by atoms with Gasteiger partial charge in [0.25, 0.3) is 0 Å². The molecule has 218 valence electrons. The Kier molecular flexibility index (Phi) is 4.74. The summed E-state index contributed by atoms with van der Waals surface area (Å²) in [5, 5.41) is 18.5.